The maximum absolute atomic E-state index is 11.9. The standard InChI is InChI=1S/C27H31N5O3/c1-35-26(34)20-11-12-21-22-18-28-27(30-24(22)29-23(21)17-20)32(25(33)19-9-4-2-5-10-19)16-8-15-31-13-6-3-7-14-31/h2,4-5,9-12,17-18,25,33H,3,6-8,13-16H2,1H3,(H,28,29,30). The number of esters is 1. The monoisotopic (exact) mass is 473 g/mol. The second kappa shape index (κ2) is 10.4. The minimum Gasteiger partial charge on any atom is -0.465 e. The first-order chi connectivity index (χ1) is 17.1. The number of aromatic nitrogens is 3. The van der Waals surface area contributed by atoms with Crippen molar-refractivity contribution in [1.29, 1.82) is 0 Å². The van der Waals surface area contributed by atoms with Gasteiger partial charge in [0, 0.05) is 34.6 Å². The maximum Gasteiger partial charge on any atom is 0.337 e. The van der Waals surface area contributed by atoms with Crippen molar-refractivity contribution in [2.75, 3.05) is 38.2 Å². The molecule has 4 aromatic rings. The van der Waals surface area contributed by atoms with E-state index in [1.165, 1.54) is 26.4 Å². The fourth-order valence-electron chi connectivity index (χ4n) is 4.84. The molecular formula is C27H31N5O3. The molecule has 2 N–H and O–H groups in total. The van der Waals surface area contributed by atoms with Crippen LogP contribution in [0.5, 0.6) is 0 Å². The van der Waals surface area contributed by atoms with Gasteiger partial charge >= 0.3 is 5.97 Å². The lowest BCUT2D eigenvalue weighted by Gasteiger charge is -2.30. The summed E-state index contributed by atoms with van der Waals surface area (Å²) in [6.07, 6.45) is 5.66. The summed E-state index contributed by atoms with van der Waals surface area (Å²) >= 11 is 0. The number of methoxy groups -OCH3 is 1. The molecule has 8 heteroatoms. The summed E-state index contributed by atoms with van der Waals surface area (Å²) in [6.45, 7) is 3.91. The number of ether oxygens (including phenoxy) is 1. The molecule has 1 aliphatic rings. The number of piperidine rings is 1. The van der Waals surface area contributed by atoms with E-state index in [0.717, 1.165) is 47.9 Å². The number of H-pyrrole nitrogens is 1. The molecule has 1 aliphatic heterocycles. The minimum atomic E-state index is -0.856. The molecule has 0 aliphatic carbocycles. The number of nitrogens with zero attached hydrogens (tertiary/aromatic N) is 4. The molecule has 0 amide bonds. The zero-order chi connectivity index (χ0) is 24.2. The van der Waals surface area contributed by atoms with Gasteiger partial charge in [-0.05, 0) is 51.0 Å². The normalized spacial score (nSPS) is 15.4. The molecule has 2 aromatic heterocycles. The summed E-state index contributed by atoms with van der Waals surface area (Å²) in [4.78, 5) is 29.0. The third kappa shape index (κ3) is 4.99. The van der Waals surface area contributed by atoms with Crippen molar-refractivity contribution in [1.82, 2.24) is 19.9 Å². The zero-order valence-electron chi connectivity index (χ0n) is 20.0. The second-order valence-corrected chi connectivity index (χ2v) is 9.04. The number of hydrogen-bond donors (Lipinski definition) is 2. The number of rotatable bonds is 8. The summed E-state index contributed by atoms with van der Waals surface area (Å²) in [7, 11) is 1.37. The van der Waals surface area contributed by atoms with E-state index in [4.69, 9.17) is 9.72 Å². The average Bonchev–Trinajstić information content (AvgIpc) is 3.28. The van der Waals surface area contributed by atoms with Gasteiger partial charge in [0.15, 0.2) is 6.23 Å². The highest BCUT2D eigenvalue weighted by molar-refractivity contribution is 6.07. The molecule has 2 aromatic carbocycles. The molecule has 0 bridgehead atoms. The molecule has 35 heavy (non-hydrogen) atoms. The number of anilines is 1. The highest BCUT2D eigenvalue weighted by Gasteiger charge is 2.22. The lowest BCUT2D eigenvalue weighted by atomic mass is 10.1. The van der Waals surface area contributed by atoms with E-state index in [0.29, 0.717) is 23.7 Å². The van der Waals surface area contributed by atoms with Gasteiger partial charge in [0.05, 0.1) is 12.7 Å². The Morgan fingerprint density at radius 3 is 2.71 bits per heavy atom. The number of fused-ring (bicyclic) bond motifs is 3. The van der Waals surface area contributed by atoms with Crippen LogP contribution in [0, 0.1) is 0 Å². The van der Waals surface area contributed by atoms with Gasteiger partial charge < -0.3 is 24.6 Å². The van der Waals surface area contributed by atoms with E-state index in [1.54, 1.807) is 18.3 Å². The number of aliphatic hydroxyl groups excluding tert-OH is 1. The molecule has 8 nitrogen and oxygen atoms in total. The van der Waals surface area contributed by atoms with Gasteiger partial charge in [-0.1, -0.05) is 42.8 Å². The van der Waals surface area contributed by atoms with Crippen molar-refractivity contribution < 1.29 is 14.6 Å². The molecule has 182 valence electrons. The van der Waals surface area contributed by atoms with E-state index in [1.807, 2.05) is 41.3 Å². The van der Waals surface area contributed by atoms with Crippen LogP contribution in [0.2, 0.25) is 0 Å². The van der Waals surface area contributed by atoms with Crippen LogP contribution >= 0.6 is 0 Å². The van der Waals surface area contributed by atoms with Crippen molar-refractivity contribution in [2.45, 2.75) is 31.9 Å². The Morgan fingerprint density at radius 1 is 1.14 bits per heavy atom. The molecule has 1 unspecified atom stereocenters. The number of aromatic amines is 1. The molecule has 3 heterocycles. The predicted molar refractivity (Wildman–Crippen MR) is 136 cm³/mol. The summed E-state index contributed by atoms with van der Waals surface area (Å²) in [5.41, 5.74) is 2.72. The molecule has 0 saturated carbocycles. The number of aliphatic hydroxyl groups is 1. The first-order valence-electron chi connectivity index (χ1n) is 12.2. The number of carbonyl (C=O) groups excluding carboxylic acids is 1. The van der Waals surface area contributed by atoms with Gasteiger partial charge in [-0.15, -0.1) is 0 Å². The highest BCUT2D eigenvalue weighted by atomic mass is 16.5. The lowest BCUT2D eigenvalue weighted by Crippen LogP contribution is -2.35. The van der Waals surface area contributed by atoms with E-state index in [-0.39, 0.29) is 5.97 Å². The first-order valence-corrected chi connectivity index (χ1v) is 12.2. The lowest BCUT2D eigenvalue weighted by molar-refractivity contribution is 0.0601. The Balaban J connectivity index is 1.44. The van der Waals surface area contributed by atoms with Gasteiger partial charge in [0.2, 0.25) is 5.95 Å². The van der Waals surface area contributed by atoms with Crippen molar-refractivity contribution >= 4 is 33.9 Å². The number of benzene rings is 2. The minimum absolute atomic E-state index is 0.386. The Morgan fingerprint density at radius 2 is 1.94 bits per heavy atom. The Labute approximate surface area is 204 Å². The van der Waals surface area contributed by atoms with Crippen LogP contribution in [-0.4, -0.2) is 64.2 Å². The van der Waals surface area contributed by atoms with Gasteiger partial charge in [0.1, 0.15) is 5.65 Å². The second-order valence-electron chi connectivity index (χ2n) is 9.04. The smallest absolute Gasteiger partial charge is 0.337 e. The topological polar surface area (TPSA) is 94.6 Å². The zero-order valence-corrected chi connectivity index (χ0v) is 20.0. The van der Waals surface area contributed by atoms with Crippen LogP contribution in [0.15, 0.2) is 54.7 Å². The Bertz CT molecular complexity index is 1300. The fourth-order valence-corrected chi connectivity index (χ4v) is 4.84. The molecule has 0 radical (unpaired) electrons. The summed E-state index contributed by atoms with van der Waals surface area (Å²) < 4.78 is 4.84. The summed E-state index contributed by atoms with van der Waals surface area (Å²) in [5.74, 6) is 0.0791. The first kappa shape index (κ1) is 23.3. The SMILES string of the molecule is COC(=O)c1ccc2c(c1)[nH]c1nc(N(CCCN3CCCCC3)C(O)c3ccccc3)ncc12. The third-order valence-electron chi connectivity index (χ3n) is 6.73. The number of carbonyl (C=O) groups is 1. The van der Waals surface area contributed by atoms with Crippen LogP contribution in [0.1, 0.15) is 47.8 Å². The number of nitrogens with one attached hydrogen (secondary N) is 1. The van der Waals surface area contributed by atoms with Crippen molar-refractivity contribution in [3.8, 4) is 0 Å². The van der Waals surface area contributed by atoms with Gasteiger partial charge in [-0.25, -0.2) is 9.78 Å². The number of likely N-dealkylation sites (tertiary alicyclic amines) is 1. The van der Waals surface area contributed by atoms with Crippen LogP contribution in [0.4, 0.5) is 5.95 Å². The molecule has 1 atom stereocenters. The van der Waals surface area contributed by atoms with Crippen molar-refractivity contribution in [3.63, 3.8) is 0 Å². The van der Waals surface area contributed by atoms with Crippen LogP contribution in [0.25, 0.3) is 21.9 Å². The van der Waals surface area contributed by atoms with Gasteiger partial charge in [0.25, 0.3) is 0 Å². The van der Waals surface area contributed by atoms with Crippen LogP contribution in [0.3, 0.4) is 0 Å². The quantitative estimate of drug-likeness (QED) is 0.291. The van der Waals surface area contributed by atoms with Crippen molar-refractivity contribution in [2.24, 2.45) is 0 Å². The average molecular weight is 474 g/mol. The predicted octanol–water partition coefficient (Wildman–Crippen LogP) is 4.27. The highest BCUT2D eigenvalue weighted by Crippen LogP contribution is 2.28. The van der Waals surface area contributed by atoms with Crippen molar-refractivity contribution in [3.05, 3.63) is 65.9 Å². The maximum atomic E-state index is 11.9. The van der Waals surface area contributed by atoms with Gasteiger partial charge in [-0.2, -0.15) is 4.98 Å². The van der Waals surface area contributed by atoms with E-state index >= 15 is 0 Å². The Kier molecular flexibility index (Phi) is 6.92. The third-order valence-corrected chi connectivity index (χ3v) is 6.73. The van der Waals surface area contributed by atoms with Crippen LogP contribution in [-0.2, 0) is 4.74 Å². The van der Waals surface area contributed by atoms with E-state index < -0.39 is 6.23 Å². The summed E-state index contributed by atoms with van der Waals surface area (Å²) in [6, 6.07) is 15.0. The summed E-state index contributed by atoms with van der Waals surface area (Å²) in [5, 5.41) is 13.1. The van der Waals surface area contributed by atoms with E-state index in [2.05, 4.69) is 14.9 Å². The molecular weight excluding hydrogens is 442 g/mol. The molecule has 1 saturated heterocycles. The molecule has 1 fully saturated rings. The van der Waals surface area contributed by atoms with E-state index in [9.17, 15) is 9.90 Å². The Hall–Kier alpha value is -3.49. The van der Waals surface area contributed by atoms with Crippen LogP contribution < -0.4 is 4.90 Å². The largest absolute Gasteiger partial charge is 0.465 e. The fraction of sp³-hybridized carbons (Fsp3) is 0.370. The molecule has 5 rings (SSSR count). The molecule has 0 spiro atoms. The van der Waals surface area contributed by atoms with Gasteiger partial charge in [-0.3, -0.25) is 0 Å². The number of hydrogen-bond acceptors (Lipinski definition) is 7.